The zero-order chi connectivity index (χ0) is 17.7. The van der Waals surface area contributed by atoms with Gasteiger partial charge in [0.15, 0.2) is 0 Å². The molecule has 0 aliphatic carbocycles. The van der Waals surface area contributed by atoms with E-state index in [9.17, 15) is 13.2 Å². The summed E-state index contributed by atoms with van der Waals surface area (Å²) < 4.78 is 27.0. The van der Waals surface area contributed by atoms with Gasteiger partial charge in [0.2, 0.25) is 10.0 Å². The van der Waals surface area contributed by atoms with Crippen molar-refractivity contribution in [3.05, 3.63) is 29.3 Å². The van der Waals surface area contributed by atoms with Crippen molar-refractivity contribution in [2.75, 3.05) is 19.6 Å². The van der Waals surface area contributed by atoms with Gasteiger partial charge in [-0.2, -0.15) is 4.31 Å². The van der Waals surface area contributed by atoms with Gasteiger partial charge in [-0.15, -0.1) is 12.4 Å². The third-order valence-corrected chi connectivity index (χ3v) is 6.19. The van der Waals surface area contributed by atoms with Gasteiger partial charge in [0.1, 0.15) is 0 Å². The molecule has 0 bridgehead atoms. The Hall–Kier alpha value is -1.15. The lowest BCUT2D eigenvalue weighted by Crippen LogP contribution is -2.36. The minimum absolute atomic E-state index is 0. The number of nitrogens with one attached hydrogen (secondary N) is 1. The average Bonchev–Trinajstić information content (AvgIpc) is 2.55. The van der Waals surface area contributed by atoms with Gasteiger partial charge >= 0.3 is 0 Å². The molecule has 0 aromatic heterocycles. The van der Waals surface area contributed by atoms with E-state index in [-0.39, 0.29) is 29.3 Å². The Morgan fingerprint density at radius 2 is 1.92 bits per heavy atom. The Bertz CT molecular complexity index is 686. The van der Waals surface area contributed by atoms with E-state index in [1.807, 2.05) is 6.92 Å². The zero-order valence-electron chi connectivity index (χ0n) is 14.8. The third-order valence-electron chi connectivity index (χ3n) is 4.29. The Kier molecular flexibility index (Phi) is 8.34. The smallest absolute Gasteiger partial charge is 0.251 e. The lowest BCUT2D eigenvalue weighted by atomic mass is 10.1. The molecule has 1 atom stereocenters. The molecular formula is C17H28ClN3O3S. The number of halogens is 1. The van der Waals surface area contributed by atoms with Crippen LogP contribution in [0.3, 0.4) is 0 Å². The van der Waals surface area contributed by atoms with Crippen LogP contribution in [0.4, 0.5) is 0 Å². The first-order valence-electron chi connectivity index (χ1n) is 8.47. The molecule has 3 N–H and O–H groups in total. The molecular weight excluding hydrogens is 362 g/mol. The van der Waals surface area contributed by atoms with Crippen LogP contribution in [-0.2, 0) is 10.0 Å². The van der Waals surface area contributed by atoms with E-state index >= 15 is 0 Å². The van der Waals surface area contributed by atoms with Gasteiger partial charge in [-0.25, -0.2) is 8.42 Å². The summed E-state index contributed by atoms with van der Waals surface area (Å²) in [7, 11) is -3.54. The van der Waals surface area contributed by atoms with Gasteiger partial charge in [0.05, 0.1) is 4.90 Å². The normalized spacial score (nSPS) is 16.8. The van der Waals surface area contributed by atoms with E-state index in [1.165, 1.54) is 10.4 Å². The van der Waals surface area contributed by atoms with Crippen molar-refractivity contribution < 1.29 is 13.2 Å². The fourth-order valence-electron chi connectivity index (χ4n) is 2.77. The van der Waals surface area contributed by atoms with Gasteiger partial charge in [0.25, 0.3) is 5.91 Å². The zero-order valence-corrected chi connectivity index (χ0v) is 16.5. The molecule has 1 fully saturated rings. The predicted octanol–water partition coefficient (Wildman–Crippen LogP) is 2.06. The summed E-state index contributed by atoms with van der Waals surface area (Å²) in [5.74, 6) is -0.260. The number of hydrogen-bond donors (Lipinski definition) is 2. The molecule has 1 aliphatic rings. The standard InChI is InChI=1S/C17H27N3O3S.ClH/c1-13-6-7-15(24(22,23)20-10-4-3-5-11-20)12-16(13)17(21)19-9-8-14(2)18;/h6-7,12,14H,3-5,8-11,18H2,1-2H3,(H,19,21);1H. The number of amides is 1. The first-order valence-corrected chi connectivity index (χ1v) is 9.91. The highest BCUT2D eigenvalue weighted by Crippen LogP contribution is 2.22. The van der Waals surface area contributed by atoms with Crippen molar-refractivity contribution in [1.29, 1.82) is 0 Å². The van der Waals surface area contributed by atoms with E-state index in [0.29, 0.717) is 31.6 Å². The largest absolute Gasteiger partial charge is 0.352 e. The maximum absolute atomic E-state index is 12.8. The summed E-state index contributed by atoms with van der Waals surface area (Å²) in [4.78, 5) is 12.5. The van der Waals surface area contributed by atoms with Crippen molar-refractivity contribution in [3.63, 3.8) is 0 Å². The second-order valence-electron chi connectivity index (χ2n) is 6.46. The number of hydrogen-bond acceptors (Lipinski definition) is 4. The second kappa shape index (κ2) is 9.52. The van der Waals surface area contributed by atoms with Crippen LogP contribution < -0.4 is 11.1 Å². The molecule has 0 saturated carbocycles. The average molecular weight is 390 g/mol. The number of piperidine rings is 1. The minimum Gasteiger partial charge on any atom is -0.352 e. The van der Waals surface area contributed by atoms with E-state index in [0.717, 1.165) is 24.8 Å². The van der Waals surface area contributed by atoms with E-state index in [4.69, 9.17) is 5.73 Å². The Balaban J connectivity index is 0.00000312. The van der Waals surface area contributed by atoms with Gasteiger partial charge in [-0.3, -0.25) is 4.79 Å². The molecule has 1 aromatic rings. The monoisotopic (exact) mass is 389 g/mol. The first-order chi connectivity index (χ1) is 11.3. The minimum atomic E-state index is -3.54. The van der Waals surface area contributed by atoms with Crippen LogP contribution in [0.2, 0.25) is 0 Å². The number of carbonyl (C=O) groups excluding carboxylic acids is 1. The maximum atomic E-state index is 12.8. The number of carbonyl (C=O) groups is 1. The third kappa shape index (κ3) is 5.67. The van der Waals surface area contributed by atoms with Crippen molar-refractivity contribution in [1.82, 2.24) is 9.62 Å². The molecule has 0 spiro atoms. The van der Waals surface area contributed by atoms with E-state index in [2.05, 4.69) is 5.32 Å². The Morgan fingerprint density at radius 3 is 2.52 bits per heavy atom. The fraction of sp³-hybridized carbons (Fsp3) is 0.588. The van der Waals surface area contributed by atoms with Crippen LogP contribution in [0.1, 0.15) is 48.5 Å². The number of aryl methyl sites for hydroxylation is 1. The molecule has 1 heterocycles. The quantitative estimate of drug-likeness (QED) is 0.778. The van der Waals surface area contributed by atoms with Crippen LogP contribution in [-0.4, -0.2) is 44.3 Å². The van der Waals surface area contributed by atoms with Crippen LogP contribution in [0.15, 0.2) is 23.1 Å². The van der Waals surface area contributed by atoms with Crippen molar-refractivity contribution in [2.45, 2.75) is 50.5 Å². The summed E-state index contributed by atoms with van der Waals surface area (Å²) in [6, 6.07) is 4.77. The molecule has 1 amide bonds. The van der Waals surface area contributed by atoms with E-state index < -0.39 is 10.0 Å². The number of nitrogens with two attached hydrogens (primary N) is 1. The van der Waals surface area contributed by atoms with Gasteiger partial charge < -0.3 is 11.1 Å². The SMILES string of the molecule is Cc1ccc(S(=O)(=O)N2CCCCC2)cc1C(=O)NCCC(C)N.Cl. The summed E-state index contributed by atoms with van der Waals surface area (Å²) in [6.07, 6.45) is 3.51. The second-order valence-corrected chi connectivity index (χ2v) is 8.40. The molecule has 25 heavy (non-hydrogen) atoms. The lowest BCUT2D eigenvalue weighted by molar-refractivity contribution is 0.0952. The molecule has 1 saturated heterocycles. The van der Waals surface area contributed by atoms with E-state index in [1.54, 1.807) is 19.1 Å². The number of nitrogens with zero attached hydrogens (tertiary/aromatic N) is 1. The first kappa shape index (κ1) is 21.9. The van der Waals surface area contributed by atoms with Crippen LogP contribution >= 0.6 is 12.4 Å². The molecule has 1 aromatic carbocycles. The van der Waals surface area contributed by atoms with Crippen LogP contribution in [0.5, 0.6) is 0 Å². The summed E-state index contributed by atoms with van der Waals surface area (Å²) in [5.41, 5.74) is 6.83. The number of sulfonamides is 1. The number of benzene rings is 1. The molecule has 1 aliphatic heterocycles. The maximum Gasteiger partial charge on any atom is 0.251 e. The molecule has 1 unspecified atom stereocenters. The Labute approximate surface area is 156 Å². The van der Waals surface area contributed by atoms with Gasteiger partial charge in [0, 0.05) is 31.2 Å². The highest BCUT2D eigenvalue weighted by Gasteiger charge is 2.27. The molecule has 142 valence electrons. The summed E-state index contributed by atoms with van der Waals surface area (Å²) in [6.45, 7) is 5.25. The van der Waals surface area contributed by atoms with Gasteiger partial charge in [-0.1, -0.05) is 12.5 Å². The molecule has 8 heteroatoms. The van der Waals surface area contributed by atoms with Crippen LogP contribution in [0.25, 0.3) is 0 Å². The lowest BCUT2D eigenvalue weighted by Gasteiger charge is -2.26. The molecule has 2 rings (SSSR count). The highest BCUT2D eigenvalue weighted by molar-refractivity contribution is 7.89. The van der Waals surface area contributed by atoms with Crippen LogP contribution in [0, 0.1) is 6.92 Å². The topological polar surface area (TPSA) is 92.5 Å². The van der Waals surface area contributed by atoms with Crippen molar-refractivity contribution in [2.24, 2.45) is 5.73 Å². The molecule has 0 radical (unpaired) electrons. The van der Waals surface area contributed by atoms with Gasteiger partial charge in [-0.05, 0) is 50.8 Å². The Morgan fingerprint density at radius 1 is 1.28 bits per heavy atom. The predicted molar refractivity (Wildman–Crippen MR) is 102 cm³/mol. The summed E-state index contributed by atoms with van der Waals surface area (Å²) in [5, 5.41) is 2.80. The van der Waals surface area contributed by atoms with Crippen molar-refractivity contribution >= 4 is 28.3 Å². The summed E-state index contributed by atoms with van der Waals surface area (Å²) >= 11 is 0. The fourth-order valence-corrected chi connectivity index (χ4v) is 4.31. The highest BCUT2D eigenvalue weighted by atomic mass is 35.5. The number of rotatable bonds is 6. The van der Waals surface area contributed by atoms with Crippen molar-refractivity contribution in [3.8, 4) is 0 Å². The molecule has 6 nitrogen and oxygen atoms in total.